The third kappa shape index (κ3) is 3.56. The molecule has 0 spiro atoms. The molecule has 2 heterocycles. The van der Waals surface area contributed by atoms with Gasteiger partial charge in [0.05, 0.1) is 5.41 Å². The molecule has 0 atom stereocenters. The van der Waals surface area contributed by atoms with Crippen LogP contribution in [0.25, 0.3) is 0 Å². The van der Waals surface area contributed by atoms with Crippen LogP contribution in [0, 0.1) is 5.41 Å². The van der Waals surface area contributed by atoms with E-state index in [1.54, 1.807) is 6.07 Å². The number of carbonyl (C=O) groups excluding carboxylic acids is 1. The van der Waals surface area contributed by atoms with E-state index in [1.165, 1.54) is 12.3 Å². The van der Waals surface area contributed by atoms with Crippen LogP contribution in [0.5, 0.6) is 0 Å². The molecule has 0 aromatic carbocycles. The Balaban J connectivity index is 1.95. The second-order valence-corrected chi connectivity index (χ2v) is 5.14. The van der Waals surface area contributed by atoms with Crippen LogP contribution in [0.4, 0.5) is 0 Å². The van der Waals surface area contributed by atoms with Gasteiger partial charge in [-0.05, 0) is 24.5 Å². The van der Waals surface area contributed by atoms with E-state index in [1.807, 2.05) is 0 Å². The van der Waals surface area contributed by atoms with Crippen LogP contribution in [0.15, 0.2) is 18.3 Å². The maximum atomic E-state index is 12.3. The van der Waals surface area contributed by atoms with Gasteiger partial charge in [-0.25, -0.2) is 9.78 Å². The van der Waals surface area contributed by atoms with E-state index in [9.17, 15) is 9.59 Å². The highest BCUT2D eigenvalue weighted by Crippen LogP contribution is 2.29. The first-order chi connectivity index (χ1) is 10.1. The summed E-state index contributed by atoms with van der Waals surface area (Å²) in [4.78, 5) is 26.9. The summed E-state index contributed by atoms with van der Waals surface area (Å²) in [5.41, 5.74) is 5.93. The smallest absolute Gasteiger partial charge is 0.354 e. The first-order valence-corrected chi connectivity index (χ1v) is 6.82. The first-order valence-electron chi connectivity index (χ1n) is 6.82. The first kappa shape index (κ1) is 15.4. The molecule has 0 bridgehead atoms. The molecule has 0 saturated carbocycles. The number of carbonyl (C=O) groups is 2. The Hall–Kier alpha value is -1.99. The highest BCUT2D eigenvalue weighted by atomic mass is 16.5. The second kappa shape index (κ2) is 6.64. The van der Waals surface area contributed by atoms with Crippen molar-refractivity contribution in [2.75, 3.05) is 19.8 Å². The molecule has 4 N–H and O–H groups in total. The summed E-state index contributed by atoms with van der Waals surface area (Å²) in [6, 6.07) is 3.05. The highest BCUT2D eigenvalue weighted by molar-refractivity contribution is 5.85. The van der Waals surface area contributed by atoms with E-state index in [4.69, 9.17) is 15.6 Å². The van der Waals surface area contributed by atoms with Gasteiger partial charge in [0.2, 0.25) is 5.91 Å². The lowest BCUT2D eigenvalue weighted by atomic mass is 9.79. The molecule has 1 fully saturated rings. The minimum atomic E-state index is -1.07. The molecule has 1 aromatic rings. The number of pyridine rings is 1. The Kier molecular flexibility index (Phi) is 4.87. The number of aromatic nitrogens is 1. The van der Waals surface area contributed by atoms with Crippen molar-refractivity contribution in [2.45, 2.75) is 19.4 Å². The van der Waals surface area contributed by atoms with Crippen LogP contribution in [0.3, 0.4) is 0 Å². The van der Waals surface area contributed by atoms with Gasteiger partial charge in [-0.15, -0.1) is 0 Å². The van der Waals surface area contributed by atoms with E-state index >= 15 is 0 Å². The Bertz CT molecular complexity index is 509. The van der Waals surface area contributed by atoms with Crippen molar-refractivity contribution in [1.29, 1.82) is 0 Å². The second-order valence-electron chi connectivity index (χ2n) is 5.14. The molecule has 1 amide bonds. The van der Waals surface area contributed by atoms with Gasteiger partial charge in [0.25, 0.3) is 0 Å². The predicted molar refractivity (Wildman–Crippen MR) is 74.6 cm³/mol. The zero-order valence-electron chi connectivity index (χ0n) is 11.7. The number of hydrogen-bond acceptors (Lipinski definition) is 5. The van der Waals surface area contributed by atoms with Crippen LogP contribution in [0.2, 0.25) is 0 Å². The maximum absolute atomic E-state index is 12.3. The quantitative estimate of drug-likeness (QED) is 0.712. The largest absolute Gasteiger partial charge is 0.477 e. The molecule has 7 nitrogen and oxygen atoms in total. The van der Waals surface area contributed by atoms with E-state index in [0.29, 0.717) is 39.1 Å². The molecule has 1 aliphatic rings. The van der Waals surface area contributed by atoms with Crippen LogP contribution in [-0.2, 0) is 16.1 Å². The van der Waals surface area contributed by atoms with Gasteiger partial charge in [-0.1, -0.05) is 6.07 Å². The third-order valence-corrected chi connectivity index (χ3v) is 3.82. The van der Waals surface area contributed by atoms with E-state index < -0.39 is 11.4 Å². The summed E-state index contributed by atoms with van der Waals surface area (Å²) in [5, 5.41) is 11.6. The third-order valence-electron chi connectivity index (χ3n) is 3.82. The van der Waals surface area contributed by atoms with Crippen molar-refractivity contribution in [1.82, 2.24) is 10.3 Å². The number of nitrogens with two attached hydrogens (primary N) is 1. The van der Waals surface area contributed by atoms with Crippen LogP contribution in [0.1, 0.15) is 28.9 Å². The fourth-order valence-electron chi connectivity index (χ4n) is 2.31. The van der Waals surface area contributed by atoms with Gasteiger partial charge >= 0.3 is 5.97 Å². The number of carboxylic acids is 1. The number of ether oxygens (including phenoxy) is 1. The lowest BCUT2D eigenvalue weighted by Crippen LogP contribution is -2.48. The highest BCUT2D eigenvalue weighted by Gasteiger charge is 2.38. The molecule has 0 unspecified atom stereocenters. The molecule has 1 saturated heterocycles. The van der Waals surface area contributed by atoms with Crippen molar-refractivity contribution in [3.63, 3.8) is 0 Å². The summed E-state index contributed by atoms with van der Waals surface area (Å²) >= 11 is 0. The van der Waals surface area contributed by atoms with Crippen molar-refractivity contribution in [3.05, 3.63) is 29.6 Å². The number of nitrogens with zero attached hydrogens (tertiary/aromatic N) is 1. The maximum Gasteiger partial charge on any atom is 0.354 e. The van der Waals surface area contributed by atoms with Crippen molar-refractivity contribution < 1.29 is 19.4 Å². The monoisotopic (exact) mass is 293 g/mol. The van der Waals surface area contributed by atoms with E-state index in [2.05, 4.69) is 10.3 Å². The van der Waals surface area contributed by atoms with Crippen LogP contribution in [-0.4, -0.2) is 41.7 Å². The Labute approximate surface area is 122 Å². The van der Waals surface area contributed by atoms with Crippen molar-refractivity contribution >= 4 is 11.9 Å². The molecule has 21 heavy (non-hydrogen) atoms. The summed E-state index contributed by atoms with van der Waals surface area (Å²) in [7, 11) is 0. The number of aromatic carboxylic acids is 1. The number of nitrogens with one attached hydrogen (secondary N) is 1. The Morgan fingerprint density at radius 3 is 2.62 bits per heavy atom. The Morgan fingerprint density at radius 1 is 1.38 bits per heavy atom. The number of hydrogen-bond donors (Lipinski definition) is 3. The molecule has 114 valence electrons. The summed E-state index contributed by atoms with van der Waals surface area (Å²) < 4.78 is 5.27. The van der Waals surface area contributed by atoms with E-state index in [-0.39, 0.29) is 11.6 Å². The number of rotatable bonds is 5. The van der Waals surface area contributed by atoms with Crippen molar-refractivity contribution in [2.24, 2.45) is 11.1 Å². The Morgan fingerprint density at radius 2 is 2.10 bits per heavy atom. The van der Waals surface area contributed by atoms with Gasteiger partial charge in [0.1, 0.15) is 5.69 Å². The summed E-state index contributed by atoms with van der Waals surface area (Å²) in [5.74, 6) is -1.16. The lowest BCUT2D eigenvalue weighted by Gasteiger charge is -2.34. The summed E-state index contributed by atoms with van der Waals surface area (Å²) in [6.07, 6.45) is 2.68. The normalized spacial score (nSPS) is 17.2. The molecule has 1 aliphatic heterocycles. The number of carboxylic acid groups (broad SMARTS) is 1. The minimum absolute atomic E-state index is 0.0204. The topological polar surface area (TPSA) is 115 Å². The zero-order chi connectivity index (χ0) is 15.3. The van der Waals surface area contributed by atoms with Crippen LogP contribution >= 0.6 is 0 Å². The minimum Gasteiger partial charge on any atom is -0.477 e. The fourth-order valence-corrected chi connectivity index (χ4v) is 2.31. The molecular formula is C14H19N3O4. The average Bonchev–Trinajstić information content (AvgIpc) is 2.53. The fraction of sp³-hybridized carbons (Fsp3) is 0.500. The van der Waals surface area contributed by atoms with Gasteiger partial charge in [0, 0.05) is 32.5 Å². The van der Waals surface area contributed by atoms with Gasteiger partial charge in [-0.3, -0.25) is 4.79 Å². The van der Waals surface area contributed by atoms with Crippen molar-refractivity contribution in [3.8, 4) is 0 Å². The van der Waals surface area contributed by atoms with Crippen LogP contribution < -0.4 is 11.1 Å². The van der Waals surface area contributed by atoms with Gasteiger partial charge < -0.3 is 20.9 Å². The molecule has 1 aromatic heterocycles. The molecular weight excluding hydrogens is 274 g/mol. The number of amides is 1. The zero-order valence-corrected chi connectivity index (χ0v) is 11.7. The van der Waals surface area contributed by atoms with Gasteiger partial charge in [0.15, 0.2) is 0 Å². The molecule has 7 heteroatoms. The molecule has 2 rings (SSSR count). The average molecular weight is 293 g/mol. The van der Waals surface area contributed by atoms with E-state index in [0.717, 1.165) is 5.56 Å². The summed E-state index contributed by atoms with van der Waals surface area (Å²) in [6.45, 7) is 1.67. The lowest BCUT2D eigenvalue weighted by molar-refractivity contribution is -0.136. The predicted octanol–water partition coefficient (Wildman–Crippen LogP) is 0.151. The molecule has 0 radical (unpaired) electrons. The standard InChI is InChI=1S/C14H19N3O4/c15-9-14(3-5-21-6-4-14)13(20)17-8-10-1-2-11(12(18)19)16-7-10/h1-2,7H,3-6,8-9,15H2,(H,17,20)(H,18,19). The molecule has 0 aliphatic carbocycles. The van der Waals surface area contributed by atoms with Gasteiger partial charge in [-0.2, -0.15) is 0 Å². The SMILES string of the molecule is NCC1(C(=O)NCc2ccc(C(=O)O)nc2)CCOCC1.